The van der Waals surface area contributed by atoms with Crippen LogP contribution in [0.1, 0.15) is 91.3 Å². The van der Waals surface area contributed by atoms with E-state index in [2.05, 4.69) is 10.6 Å². The van der Waals surface area contributed by atoms with Gasteiger partial charge in [-0.2, -0.15) is 13.2 Å². The average molecular weight is 619 g/mol. The first-order valence-electron chi connectivity index (χ1n) is 15.4. The SMILES string of the molecule is CNCCCCCCCCCCC(=O)C[C@@H](Cc1ccccc1)C(=O)NCC(=O)COC(=O)c1c(C)cccc1C(F)(F)F. The molecular formula is C34H45F3N2O5. The van der Waals surface area contributed by atoms with Gasteiger partial charge < -0.3 is 15.4 Å². The van der Waals surface area contributed by atoms with Crippen LogP contribution < -0.4 is 10.6 Å². The Labute approximate surface area is 258 Å². The van der Waals surface area contributed by atoms with Crippen molar-refractivity contribution in [1.29, 1.82) is 0 Å². The standard InChI is InChI=1S/C34H45F3N2O5/c1-25-15-14-19-30(34(35,36)37)31(25)33(43)44-24-29(41)23-39-32(42)27(21-26-16-10-9-11-17-26)22-28(40)18-12-7-5-3-4-6-8-13-20-38-2/h9-11,14-17,19,27,38H,3-8,12-13,18,20-24H2,1-2H3,(H,39,42)/t27-/m1/s1. The zero-order valence-corrected chi connectivity index (χ0v) is 25.8. The summed E-state index contributed by atoms with van der Waals surface area (Å²) in [7, 11) is 1.96. The lowest BCUT2D eigenvalue weighted by Gasteiger charge is -2.17. The van der Waals surface area contributed by atoms with Crippen LogP contribution in [0.2, 0.25) is 0 Å². The Hall–Kier alpha value is -3.53. The number of amides is 1. The third-order valence-corrected chi connectivity index (χ3v) is 7.41. The number of hydrogen-bond acceptors (Lipinski definition) is 6. The molecule has 0 heterocycles. The molecule has 0 spiro atoms. The van der Waals surface area contributed by atoms with Gasteiger partial charge in [-0.1, -0.05) is 81.0 Å². The van der Waals surface area contributed by atoms with Crippen molar-refractivity contribution in [3.8, 4) is 0 Å². The number of rotatable bonds is 21. The molecular weight excluding hydrogens is 573 g/mol. The van der Waals surface area contributed by atoms with Gasteiger partial charge in [0.25, 0.3) is 0 Å². The van der Waals surface area contributed by atoms with Crippen molar-refractivity contribution in [2.75, 3.05) is 26.7 Å². The van der Waals surface area contributed by atoms with Crippen LogP contribution in [0.15, 0.2) is 48.5 Å². The second kappa shape index (κ2) is 19.7. The Balaban J connectivity index is 1.84. The summed E-state index contributed by atoms with van der Waals surface area (Å²) in [6.07, 6.45) is 4.70. The van der Waals surface area contributed by atoms with Crippen LogP contribution in [0, 0.1) is 12.8 Å². The molecule has 0 fully saturated rings. The number of hydrogen-bond donors (Lipinski definition) is 2. The molecule has 1 atom stereocenters. The minimum absolute atomic E-state index is 0.0212. The van der Waals surface area contributed by atoms with Crippen molar-refractivity contribution in [3.05, 3.63) is 70.8 Å². The van der Waals surface area contributed by atoms with Crippen LogP contribution in [0.4, 0.5) is 13.2 Å². The molecule has 0 aliphatic rings. The van der Waals surface area contributed by atoms with Gasteiger partial charge in [-0.25, -0.2) is 4.79 Å². The second-order valence-corrected chi connectivity index (χ2v) is 11.1. The quantitative estimate of drug-likeness (QED) is 0.124. The summed E-state index contributed by atoms with van der Waals surface area (Å²) in [6.45, 7) is 1.10. The Morgan fingerprint density at radius 3 is 2.09 bits per heavy atom. The number of ether oxygens (including phenoxy) is 1. The Bertz CT molecular complexity index is 1200. The van der Waals surface area contributed by atoms with Crippen LogP contribution in [-0.4, -0.2) is 50.2 Å². The predicted molar refractivity (Wildman–Crippen MR) is 163 cm³/mol. The molecule has 7 nitrogen and oxygen atoms in total. The molecule has 0 aliphatic carbocycles. The maximum atomic E-state index is 13.3. The van der Waals surface area contributed by atoms with Gasteiger partial charge in [-0.15, -0.1) is 0 Å². The maximum absolute atomic E-state index is 13.3. The fourth-order valence-corrected chi connectivity index (χ4v) is 4.99. The molecule has 0 aromatic heterocycles. The first-order valence-corrected chi connectivity index (χ1v) is 15.4. The van der Waals surface area contributed by atoms with Gasteiger partial charge in [-0.3, -0.25) is 14.4 Å². The van der Waals surface area contributed by atoms with Crippen molar-refractivity contribution in [3.63, 3.8) is 0 Å². The largest absolute Gasteiger partial charge is 0.454 e. The average Bonchev–Trinajstić information content (AvgIpc) is 2.99. The summed E-state index contributed by atoms with van der Waals surface area (Å²) in [5.41, 5.74) is -0.866. The van der Waals surface area contributed by atoms with Crippen molar-refractivity contribution < 1.29 is 37.1 Å². The zero-order valence-electron chi connectivity index (χ0n) is 25.8. The molecule has 10 heteroatoms. The monoisotopic (exact) mass is 618 g/mol. The van der Waals surface area contributed by atoms with Crippen LogP contribution in [0.5, 0.6) is 0 Å². The molecule has 0 aliphatic heterocycles. The van der Waals surface area contributed by atoms with Crippen LogP contribution >= 0.6 is 0 Å². The number of carbonyl (C=O) groups excluding carboxylic acids is 4. The number of ketones is 2. The summed E-state index contributed by atoms with van der Waals surface area (Å²) in [4.78, 5) is 50.6. The molecule has 2 aromatic carbocycles. The highest BCUT2D eigenvalue weighted by molar-refractivity contribution is 5.95. The maximum Gasteiger partial charge on any atom is 0.417 e. The third kappa shape index (κ3) is 13.8. The lowest BCUT2D eigenvalue weighted by molar-refractivity contribution is -0.138. The second-order valence-electron chi connectivity index (χ2n) is 11.1. The number of esters is 1. The van der Waals surface area contributed by atoms with Gasteiger partial charge in [0.15, 0.2) is 12.4 Å². The summed E-state index contributed by atoms with van der Waals surface area (Å²) in [5.74, 6) is -3.17. The first kappa shape index (κ1) is 36.7. The van der Waals surface area contributed by atoms with Crippen LogP contribution in [-0.2, 0) is 31.7 Å². The van der Waals surface area contributed by atoms with E-state index in [0.29, 0.717) is 12.8 Å². The fourth-order valence-electron chi connectivity index (χ4n) is 4.99. The molecule has 2 rings (SSSR count). The van der Waals surface area contributed by atoms with Gasteiger partial charge in [0.1, 0.15) is 5.78 Å². The van der Waals surface area contributed by atoms with Crippen LogP contribution in [0.3, 0.4) is 0 Å². The summed E-state index contributed by atoms with van der Waals surface area (Å²) >= 11 is 0. The minimum atomic E-state index is -4.77. The molecule has 2 aromatic rings. The lowest BCUT2D eigenvalue weighted by Crippen LogP contribution is -2.37. The number of carbonyl (C=O) groups is 4. The highest BCUT2D eigenvalue weighted by Gasteiger charge is 2.36. The molecule has 242 valence electrons. The van der Waals surface area contributed by atoms with E-state index in [9.17, 15) is 32.3 Å². The molecule has 0 saturated carbocycles. The number of halogens is 3. The van der Waals surface area contributed by atoms with E-state index >= 15 is 0 Å². The number of nitrogens with one attached hydrogen (secondary N) is 2. The number of alkyl halides is 3. The third-order valence-electron chi connectivity index (χ3n) is 7.41. The van der Waals surface area contributed by atoms with Crippen molar-refractivity contribution in [1.82, 2.24) is 10.6 Å². The topological polar surface area (TPSA) is 102 Å². The van der Waals surface area contributed by atoms with Crippen molar-refractivity contribution in [2.45, 2.75) is 83.7 Å². The number of aryl methyl sites for hydroxylation is 1. The van der Waals surface area contributed by atoms with Crippen molar-refractivity contribution in [2.24, 2.45) is 5.92 Å². The van der Waals surface area contributed by atoms with E-state index in [0.717, 1.165) is 43.9 Å². The number of Topliss-reactive ketones (excluding diaryl/α,β-unsaturated/α-hetero) is 2. The summed E-state index contributed by atoms with van der Waals surface area (Å²) in [6, 6.07) is 12.5. The fraction of sp³-hybridized carbons (Fsp3) is 0.529. The van der Waals surface area contributed by atoms with Gasteiger partial charge in [0, 0.05) is 18.8 Å². The predicted octanol–water partition coefficient (Wildman–Crippen LogP) is 6.40. The molecule has 1 amide bonds. The van der Waals surface area contributed by atoms with Crippen molar-refractivity contribution >= 4 is 23.4 Å². The Morgan fingerprint density at radius 2 is 1.45 bits per heavy atom. The van der Waals surface area contributed by atoms with E-state index < -0.39 is 54.0 Å². The lowest BCUT2D eigenvalue weighted by atomic mass is 9.91. The van der Waals surface area contributed by atoms with Gasteiger partial charge in [0.05, 0.1) is 17.7 Å². The van der Waals surface area contributed by atoms with E-state index in [1.54, 1.807) is 0 Å². The van der Waals surface area contributed by atoms with E-state index in [4.69, 9.17) is 4.74 Å². The molecule has 0 radical (unpaired) electrons. The summed E-state index contributed by atoms with van der Waals surface area (Å²) < 4.78 is 44.9. The minimum Gasteiger partial charge on any atom is -0.454 e. The van der Waals surface area contributed by atoms with Crippen LogP contribution in [0.25, 0.3) is 0 Å². The number of benzene rings is 2. The van der Waals surface area contributed by atoms with E-state index in [1.165, 1.54) is 44.7 Å². The molecule has 0 saturated heterocycles. The Kier molecular flexibility index (Phi) is 16.4. The molecule has 2 N–H and O–H groups in total. The smallest absolute Gasteiger partial charge is 0.417 e. The highest BCUT2D eigenvalue weighted by Crippen LogP contribution is 2.33. The normalized spacial score (nSPS) is 12.0. The summed E-state index contributed by atoms with van der Waals surface area (Å²) in [5, 5.41) is 5.66. The Morgan fingerprint density at radius 1 is 0.818 bits per heavy atom. The van der Waals surface area contributed by atoms with Gasteiger partial charge in [-0.05, 0) is 57.0 Å². The zero-order chi connectivity index (χ0) is 32.4. The van der Waals surface area contributed by atoms with Gasteiger partial charge in [0.2, 0.25) is 5.91 Å². The number of unbranched alkanes of at least 4 members (excludes halogenated alkanes) is 7. The van der Waals surface area contributed by atoms with E-state index in [-0.39, 0.29) is 17.8 Å². The highest BCUT2D eigenvalue weighted by atomic mass is 19.4. The van der Waals surface area contributed by atoms with Gasteiger partial charge >= 0.3 is 12.1 Å². The molecule has 0 bridgehead atoms. The van der Waals surface area contributed by atoms with E-state index in [1.807, 2.05) is 37.4 Å². The molecule has 0 unspecified atom stereocenters. The molecule has 44 heavy (non-hydrogen) atoms. The first-order chi connectivity index (χ1) is 21.0.